The van der Waals surface area contributed by atoms with E-state index < -0.39 is 0 Å². The van der Waals surface area contributed by atoms with Gasteiger partial charge in [-0.15, -0.1) is 0 Å². The topological polar surface area (TPSA) is 56.0 Å². The summed E-state index contributed by atoms with van der Waals surface area (Å²) in [6, 6.07) is 13.7. The lowest BCUT2D eigenvalue weighted by Gasteiger charge is -2.07. The summed E-state index contributed by atoms with van der Waals surface area (Å²) >= 11 is 0. The van der Waals surface area contributed by atoms with Crippen LogP contribution < -0.4 is 11.0 Å². The second-order valence-corrected chi connectivity index (χ2v) is 5.88. The largest absolute Gasteiger partial charge is 0.350 e. The maximum atomic E-state index is 13.6. The normalized spacial score (nSPS) is 11.0. The van der Waals surface area contributed by atoms with Crippen LogP contribution in [-0.2, 0) is 24.4 Å². The maximum Gasteiger partial charge on any atom is 0.329 e. The molecule has 1 heterocycles. The number of aryl methyl sites for hydroxylation is 1. The number of halogens is 1. The molecule has 2 aromatic carbocycles. The lowest BCUT2D eigenvalue weighted by atomic mass is 10.2. The Morgan fingerprint density at radius 1 is 1.04 bits per heavy atom. The number of nitrogens with one attached hydrogen (secondary N) is 1. The van der Waals surface area contributed by atoms with E-state index in [4.69, 9.17) is 0 Å². The fourth-order valence-electron chi connectivity index (χ4n) is 2.90. The highest BCUT2D eigenvalue weighted by Gasteiger charge is 2.15. The number of rotatable bonds is 6. The van der Waals surface area contributed by atoms with Crippen LogP contribution in [-0.4, -0.2) is 15.0 Å². The summed E-state index contributed by atoms with van der Waals surface area (Å²) in [5.41, 5.74) is 1.75. The molecule has 0 unspecified atom stereocenters. The smallest absolute Gasteiger partial charge is 0.329 e. The van der Waals surface area contributed by atoms with Crippen molar-refractivity contribution in [1.29, 1.82) is 0 Å². The molecule has 1 aromatic heterocycles. The predicted molar refractivity (Wildman–Crippen MR) is 94.7 cm³/mol. The summed E-state index contributed by atoms with van der Waals surface area (Å²) in [5.74, 6) is -0.690. The molecule has 0 bridgehead atoms. The van der Waals surface area contributed by atoms with Gasteiger partial charge in [0.25, 0.3) is 0 Å². The molecule has 0 aliphatic rings. The Bertz CT molecular complexity index is 959. The van der Waals surface area contributed by atoms with Crippen LogP contribution >= 0.6 is 0 Å². The van der Waals surface area contributed by atoms with Crippen molar-refractivity contribution < 1.29 is 9.18 Å². The quantitative estimate of drug-likeness (QED) is 0.749. The third-order valence-corrected chi connectivity index (χ3v) is 4.11. The average Bonchev–Trinajstić information content (AvgIpc) is 2.87. The van der Waals surface area contributed by atoms with Gasteiger partial charge in [-0.05, 0) is 24.6 Å². The molecule has 1 amide bonds. The Morgan fingerprint density at radius 2 is 1.68 bits per heavy atom. The maximum absolute atomic E-state index is 13.6. The highest BCUT2D eigenvalue weighted by Crippen LogP contribution is 2.13. The summed E-state index contributed by atoms with van der Waals surface area (Å²) in [4.78, 5) is 24.9. The Kier molecular flexibility index (Phi) is 4.97. The molecule has 0 aliphatic heterocycles. The predicted octanol–water partition coefficient (Wildman–Crippen LogP) is 2.67. The zero-order valence-corrected chi connectivity index (χ0v) is 14.0. The summed E-state index contributed by atoms with van der Waals surface area (Å²) in [5, 5.41) is 2.67. The molecule has 130 valence electrons. The Hall–Kier alpha value is -2.89. The van der Waals surface area contributed by atoms with Crippen molar-refractivity contribution in [3.8, 4) is 0 Å². The van der Waals surface area contributed by atoms with E-state index in [2.05, 4.69) is 5.32 Å². The van der Waals surface area contributed by atoms with Crippen LogP contribution in [0.2, 0.25) is 0 Å². The van der Waals surface area contributed by atoms with Crippen molar-refractivity contribution in [2.45, 2.75) is 33.0 Å². The molecule has 0 radical (unpaired) electrons. The standard InChI is InChI=1S/C19H20FN3O2/c1-2-11-22-16-9-5-6-10-17(16)23(19(22)25)13-18(24)21-12-14-7-3-4-8-15(14)20/h3-10H,2,11-13H2,1H3,(H,21,24). The summed E-state index contributed by atoms with van der Waals surface area (Å²) in [7, 11) is 0. The zero-order valence-electron chi connectivity index (χ0n) is 14.0. The van der Waals surface area contributed by atoms with Gasteiger partial charge in [-0.2, -0.15) is 0 Å². The number of amides is 1. The van der Waals surface area contributed by atoms with Gasteiger partial charge >= 0.3 is 5.69 Å². The first-order chi connectivity index (χ1) is 12.1. The van der Waals surface area contributed by atoms with Crippen LogP contribution in [0.4, 0.5) is 4.39 Å². The van der Waals surface area contributed by atoms with Gasteiger partial charge in [0, 0.05) is 18.7 Å². The van der Waals surface area contributed by atoms with Crippen LogP contribution in [0.1, 0.15) is 18.9 Å². The highest BCUT2D eigenvalue weighted by molar-refractivity contribution is 5.80. The number of carbonyl (C=O) groups is 1. The third kappa shape index (κ3) is 3.47. The van der Waals surface area contributed by atoms with Crippen molar-refractivity contribution in [3.63, 3.8) is 0 Å². The minimum Gasteiger partial charge on any atom is -0.350 e. The third-order valence-electron chi connectivity index (χ3n) is 4.11. The first-order valence-electron chi connectivity index (χ1n) is 8.30. The highest BCUT2D eigenvalue weighted by atomic mass is 19.1. The number of aromatic nitrogens is 2. The monoisotopic (exact) mass is 341 g/mol. The van der Waals surface area contributed by atoms with Crippen LogP contribution in [0.5, 0.6) is 0 Å². The van der Waals surface area contributed by atoms with Crippen molar-refractivity contribution >= 4 is 16.9 Å². The lowest BCUT2D eigenvalue weighted by molar-refractivity contribution is -0.121. The van der Waals surface area contributed by atoms with Crippen molar-refractivity contribution in [2.24, 2.45) is 0 Å². The zero-order chi connectivity index (χ0) is 17.8. The molecule has 5 nitrogen and oxygen atoms in total. The van der Waals surface area contributed by atoms with Gasteiger partial charge in [0.1, 0.15) is 12.4 Å². The van der Waals surface area contributed by atoms with E-state index in [-0.39, 0.29) is 30.5 Å². The Balaban J connectivity index is 1.81. The second kappa shape index (κ2) is 7.34. The molecular weight excluding hydrogens is 321 g/mol. The number of nitrogens with zero attached hydrogens (tertiary/aromatic N) is 2. The number of fused-ring (bicyclic) bond motifs is 1. The van der Waals surface area contributed by atoms with E-state index in [1.165, 1.54) is 10.6 Å². The van der Waals surface area contributed by atoms with Gasteiger partial charge in [-0.25, -0.2) is 9.18 Å². The molecule has 3 rings (SSSR count). The number of imidazole rings is 1. The Morgan fingerprint density at radius 3 is 2.36 bits per heavy atom. The Labute approximate surface area is 144 Å². The fraction of sp³-hybridized carbons (Fsp3) is 0.263. The van der Waals surface area contributed by atoms with Gasteiger partial charge in [-0.3, -0.25) is 13.9 Å². The molecule has 0 atom stereocenters. The van der Waals surface area contributed by atoms with Gasteiger partial charge in [0.2, 0.25) is 5.91 Å². The van der Waals surface area contributed by atoms with E-state index >= 15 is 0 Å². The molecule has 0 aliphatic carbocycles. The summed E-state index contributed by atoms with van der Waals surface area (Å²) in [6.45, 7) is 2.60. The molecule has 1 N–H and O–H groups in total. The van der Waals surface area contributed by atoms with E-state index in [0.29, 0.717) is 12.1 Å². The van der Waals surface area contributed by atoms with E-state index in [1.54, 1.807) is 22.8 Å². The number of benzene rings is 2. The fourth-order valence-corrected chi connectivity index (χ4v) is 2.90. The van der Waals surface area contributed by atoms with Gasteiger partial charge in [0.05, 0.1) is 11.0 Å². The molecule has 0 saturated heterocycles. The average molecular weight is 341 g/mol. The molecule has 0 fully saturated rings. The molecule has 6 heteroatoms. The van der Waals surface area contributed by atoms with Crippen LogP contribution in [0.25, 0.3) is 11.0 Å². The van der Waals surface area contributed by atoms with Gasteiger partial charge in [0.15, 0.2) is 0 Å². The van der Waals surface area contributed by atoms with Crippen molar-refractivity contribution in [3.05, 3.63) is 70.4 Å². The first kappa shape index (κ1) is 17.0. The van der Waals surface area contributed by atoms with Crippen molar-refractivity contribution in [1.82, 2.24) is 14.5 Å². The molecule has 0 saturated carbocycles. The van der Waals surface area contributed by atoms with E-state index in [0.717, 1.165) is 17.5 Å². The van der Waals surface area contributed by atoms with Crippen LogP contribution in [0.3, 0.4) is 0 Å². The van der Waals surface area contributed by atoms with Gasteiger partial charge in [-0.1, -0.05) is 37.3 Å². The number of carbonyl (C=O) groups excluding carboxylic acids is 1. The summed E-state index contributed by atoms with van der Waals surface area (Å²) < 4.78 is 16.8. The van der Waals surface area contributed by atoms with Crippen molar-refractivity contribution in [2.75, 3.05) is 0 Å². The van der Waals surface area contributed by atoms with E-state index in [1.807, 2.05) is 31.2 Å². The molecule has 0 spiro atoms. The van der Waals surface area contributed by atoms with Gasteiger partial charge < -0.3 is 5.32 Å². The lowest BCUT2D eigenvalue weighted by Crippen LogP contribution is -2.33. The number of para-hydroxylation sites is 2. The minimum absolute atomic E-state index is 0.0911. The van der Waals surface area contributed by atoms with Crippen LogP contribution in [0.15, 0.2) is 53.3 Å². The number of hydrogen-bond donors (Lipinski definition) is 1. The molecule has 3 aromatic rings. The SMILES string of the molecule is CCCn1c(=O)n(CC(=O)NCc2ccccc2F)c2ccccc21. The molecule has 25 heavy (non-hydrogen) atoms. The summed E-state index contributed by atoms with van der Waals surface area (Å²) in [6.07, 6.45) is 0.827. The van der Waals surface area contributed by atoms with E-state index in [9.17, 15) is 14.0 Å². The second-order valence-electron chi connectivity index (χ2n) is 5.88. The minimum atomic E-state index is -0.362. The first-order valence-corrected chi connectivity index (χ1v) is 8.30. The molecular formula is C19H20FN3O2. The number of hydrogen-bond acceptors (Lipinski definition) is 2. The van der Waals surface area contributed by atoms with Crippen LogP contribution in [0, 0.1) is 5.82 Å².